The number of nitrogen functional groups attached to an aromatic ring is 1. The lowest BCUT2D eigenvalue weighted by molar-refractivity contribution is 0.355. The smallest absolute Gasteiger partial charge is 0.347 e. The summed E-state index contributed by atoms with van der Waals surface area (Å²) in [6.45, 7) is 0. The molecule has 0 bridgehead atoms. The van der Waals surface area contributed by atoms with E-state index >= 15 is 0 Å². The zero-order chi connectivity index (χ0) is 20.7. The van der Waals surface area contributed by atoms with Gasteiger partial charge < -0.3 is 15.5 Å². The van der Waals surface area contributed by atoms with Gasteiger partial charge in [-0.3, -0.25) is 4.57 Å². The lowest BCUT2D eigenvalue weighted by Gasteiger charge is -2.19. The van der Waals surface area contributed by atoms with Crippen molar-refractivity contribution in [1.82, 2.24) is 4.72 Å². The molecule has 0 saturated carbocycles. The number of nitriles is 1. The van der Waals surface area contributed by atoms with Gasteiger partial charge in [0.05, 0.1) is 11.3 Å². The van der Waals surface area contributed by atoms with Crippen molar-refractivity contribution in [2.45, 2.75) is 9.99 Å². The van der Waals surface area contributed by atoms with Crippen LogP contribution in [-0.4, -0.2) is 18.2 Å². The molecule has 3 aromatic rings. The summed E-state index contributed by atoms with van der Waals surface area (Å²) in [4.78, 5) is 19.2. The molecule has 0 amide bonds. The Labute approximate surface area is 163 Å². The number of nitrogens with one attached hydrogen (secondary N) is 1. The lowest BCUT2D eigenvalue weighted by atomic mass is 10.1. The Balaban J connectivity index is 2.14. The van der Waals surface area contributed by atoms with Crippen molar-refractivity contribution >= 4 is 44.7 Å². The highest BCUT2D eigenvalue weighted by molar-refractivity contribution is 7.92. The number of thiophene rings is 1. The number of fused-ring (bicyclic) bond motifs is 1. The highest BCUT2D eigenvalue weighted by Gasteiger charge is 2.37. The second-order valence-corrected chi connectivity index (χ2v) is 10.4. The molecule has 3 rings (SSSR count). The van der Waals surface area contributed by atoms with E-state index < -0.39 is 33.4 Å². The summed E-state index contributed by atoms with van der Waals surface area (Å²) in [6.07, 6.45) is 0. The summed E-state index contributed by atoms with van der Waals surface area (Å²) in [5.41, 5.74) is 5.44. The predicted molar refractivity (Wildman–Crippen MR) is 102 cm³/mol. The van der Waals surface area contributed by atoms with Gasteiger partial charge in [0.15, 0.2) is 10.0 Å². The zero-order valence-corrected chi connectivity index (χ0v) is 16.4. The van der Waals surface area contributed by atoms with Gasteiger partial charge in [-0.15, -0.1) is 11.3 Å². The quantitative estimate of drug-likeness (QED) is 0.351. The summed E-state index contributed by atoms with van der Waals surface area (Å²) in [6, 6.07) is 11.7. The minimum atomic E-state index is -4.97. The molecule has 0 aliphatic heterocycles. The van der Waals surface area contributed by atoms with Gasteiger partial charge in [-0.1, -0.05) is 30.3 Å². The molecule has 28 heavy (non-hydrogen) atoms. The minimum Gasteiger partial charge on any atom is -0.398 e. The first-order chi connectivity index (χ1) is 13.1. The van der Waals surface area contributed by atoms with E-state index in [4.69, 9.17) is 5.73 Å². The van der Waals surface area contributed by atoms with E-state index in [0.717, 1.165) is 0 Å². The summed E-state index contributed by atoms with van der Waals surface area (Å²) in [5, 5.41) is 8.94. The normalized spacial score (nSPS) is 13.4. The second kappa shape index (κ2) is 7.25. The van der Waals surface area contributed by atoms with Crippen LogP contribution in [-0.2, 0) is 14.6 Å². The Morgan fingerprint density at radius 1 is 1.21 bits per heavy atom. The molecule has 12 heteroatoms. The van der Waals surface area contributed by atoms with E-state index in [1.54, 1.807) is 12.1 Å². The van der Waals surface area contributed by atoms with Crippen LogP contribution in [0.15, 0.2) is 46.7 Å². The third-order valence-electron chi connectivity index (χ3n) is 3.88. The van der Waals surface area contributed by atoms with Gasteiger partial charge in [0.1, 0.15) is 11.9 Å². The summed E-state index contributed by atoms with van der Waals surface area (Å²) in [5.74, 6) is -3.10. The molecular formula is C16H13FN3O5PS2. The van der Waals surface area contributed by atoms with Gasteiger partial charge in [0, 0.05) is 10.1 Å². The van der Waals surface area contributed by atoms with Crippen LogP contribution in [0.3, 0.4) is 0 Å². The maximum absolute atomic E-state index is 14.9. The number of nitrogens with zero attached hydrogens (tertiary/aromatic N) is 1. The highest BCUT2D eigenvalue weighted by Crippen LogP contribution is 2.51. The molecule has 2 aromatic carbocycles. The largest absolute Gasteiger partial charge is 0.398 e. The van der Waals surface area contributed by atoms with Gasteiger partial charge in [0.25, 0.3) is 10.0 Å². The Morgan fingerprint density at radius 2 is 1.86 bits per heavy atom. The third kappa shape index (κ3) is 3.66. The van der Waals surface area contributed by atoms with Crippen molar-refractivity contribution in [2.24, 2.45) is 0 Å². The SMILES string of the molecule is N#Cc1c(N)ccc2sc(S(=O)(=O)NC(c3ccccc3)P(=O)(O)O)c(F)c12. The summed E-state index contributed by atoms with van der Waals surface area (Å²) >= 11 is 0.532. The molecular weight excluding hydrogens is 428 g/mol. The lowest BCUT2D eigenvalue weighted by Crippen LogP contribution is -2.28. The standard InChI is InChI=1S/C16H13FN3O5PS2/c17-14-13-10(8-18)11(19)6-7-12(13)27-16(14)28(24,25)20-15(26(21,22)23)9-4-2-1-3-5-9/h1-7,15,20H,19H2,(H2,21,22,23). The fourth-order valence-corrected chi connectivity index (χ4v) is 6.68. The molecule has 0 spiro atoms. The van der Waals surface area contributed by atoms with Crippen molar-refractivity contribution < 1.29 is 27.2 Å². The minimum absolute atomic E-state index is 0.0130. The fraction of sp³-hybridized carbons (Fsp3) is 0.0625. The average molecular weight is 441 g/mol. The monoisotopic (exact) mass is 441 g/mol. The number of hydrogen-bond acceptors (Lipinski definition) is 6. The van der Waals surface area contributed by atoms with Gasteiger partial charge in [-0.2, -0.15) is 9.98 Å². The topological polar surface area (TPSA) is 154 Å². The molecule has 5 N–H and O–H groups in total. The molecule has 0 aliphatic carbocycles. The fourth-order valence-electron chi connectivity index (χ4n) is 2.61. The zero-order valence-electron chi connectivity index (χ0n) is 13.9. The highest BCUT2D eigenvalue weighted by atomic mass is 32.2. The van der Waals surface area contributed by atoms with Gasteiger partial charge in [0.2, 0.25) is 0 Å². The van der Waals surface area contributed by atoms with Gasteiger partial charge >= 0.3 is 7.60 Å². The molecule has 1 heterocycles. The summed E-state index contributed by atoms with van der Waals surface area (Å²) in [7, 11) is -9.64. The molecule has 1 atom stereocenters. The van der Waals surface area contributed by atoms with Crippen LogP contribution >= 0.6 is 18.9 Å². The molecule has 1 aromatic heterocycles. The molecule has 1 unspecified atom stereocenters. The number of anilines is 1. The maximum atomic E-state index is 14.9. The number of halogens is 1. The molecule has 146 valence electrons. The van der Waals surface area contributed by atoms with Crippen LogP contribution < -0.4 is 10.5 Å². The third-order valence-corrected chi connectivity index (χ3v) is 8.20. The van der Waals surface area contributed by atoms with Crippen molar-refractivity contribution in [2.75, 3.05) is 5.73 Å². The maximum Gasteiger partial charge on any atom is 0.347 e. The Morgan fingerprint density at radius 3 is 2.43 bits per heavy atom. The first-order valence-electron chi connectivity index (χ1n) is 7.59. The first kappa shape index (κ1) is 20.4. The van der Waals surface area contributed by atoms with E-state index in [1.165, 1.54) is 36.4 Å². The predicted octanol–water partition coefficient (Wildman–Crippen LogP) is 2.65. The molecule has 0 saturated heterocycles. The van der Waals surface area contributed by atoms with E-state index in [1.807, 2.05) is 4.72 Å². The van der Waals surface area contributed by atoms with Crippen LogP contribution in [0.4, 0.5) is 10.1 Å². The van der Waals surface area contributed by atoms with Gasteiger partial charge in [-0.25, -0.2) is 12.8 Å². The molecule has 0 fully saturated rings. The summed E-state index contributed by atoms with van der Waals surface area (Å²) < 4.78 is 53.5. The number of hydrogen-bond donors (Lipinski definition) is 4. The Hall–Kier alpha value is -2.32. The number of rotatable bonds is 5. The Kier molecular flexibility index (Phi) is 5.29. The Bertz CT molecular complexity index is 1250. The number of sulfonamides is 1. The molecule has 8 nitrogen and oxygen atoms in total. The van der Waals surface area contributed by atoms with Crippen molar-refractivity contribution in [3.05, 3.63) is 59.4 Å². The van der Waals surface area contributed by atoms with Crippen molar-refractivity contribution in [3.8, 4) is 6.07 Å². The molecule has 0 radical (unpaired) electrons. The van der Waals surface area contributed by atoms with Crippen LogP contribution in [0, 0.1) is 17.1 Å². The number of nitrogens with two attached hydrogens (primary N) is 1. The molecule has 0 aliphatic rings. The first-order valence-corrected chi connectivity index (χ1v) is 11.6. The van der Waals surface area contributed by atoms with Crippen LogP contribution in [0.25, 0.3) is 10.1 Å². The second-order valence-electron chi connectivity index (χ2n) is 5.74. The number of benzene rings is 2. The van der Waals surface area contributed by atoms with Crippen molar-refractivity contribution in [1.29, 1.82) is 5.26 Å². The van der Waals surface area contributed by atoms with Crippen LogP contribution in [0.1, 0.15) is 16.9 Å². The van der Waals surface area contributed by atoms with E-state index in [-0.39, 0.29) is 26.9 Å². The van der Waals surface area contributed by atoms with E-state index in [2.05, 4.69) is 0 Å². The average Bonchev–Trinajstić information content (AvgIpc) is 2.97. The van der Waals surface area contributed by atoms with Crippen LogP contribution in [0.5, 0.6) is 0 Å². The van der Waals surface area contributed by atoms with Gasteiger partial charge in [-0.05, 0) is 17.7 Å². The van der Waals surface area contributed by atoms with E-state index in [0.29, 0.717) is 11.3 Å². The van der Waals surface area contributed by atoms with Crippen LogP contribution in [0.2, 0.25) is 0 Å². The van der Waals surface area contributed by atoms with E-state index in [9.17, 15) is 32.4 Å². The van der Waals surface area contributed by atoms with Crippen molar-refractivity contribution in [3.63, 3.8) is 0 Å².